The number of anilines is 1. The van der Waals surface area contributed by atoms with Crippen molar-refractivity contribution in [1.82, 2.24) is 19.7 Å². The highest BCUT2D eigenvalue weighted by molar-refractivity contribution is 6.05. The number of nitrogens with zero attached hydrogens (tertiary/aromatic N) is 4. The average Bonchev–Trinajstić information content (AvgIpc) is 3.02. The molecule has 9 heteroatoms. The third-order valence-corrected chi connectivity index (χ3v) is 3.08. The van der Waals surface area contributed by atoms with Crippen LogP contribution in [0.15, 0.2) is 55.2 Å². The van der Waals surface area contributed by atoms with Crippen molar-refractivity contribution in [2.75, 3.05) is 5.32 Å². The lowest BCUT2D eigenvalue weighted by atomic mass is 10.2. The van der Waals surface area contributed by atoms with Gasteiger partial charge in [0.25, 0.3) is 12.3 Å². The van der Waals surface area contributed by atoms with Crippen molar-refractivity contribution in [3.8, 4) is 11.6 Å². The summed E-state index contributed by atoms with van der Waals surface area (Å²) in [6.45, 7) is -0.544. The van der Waals surface area contributed by atoms with Crippen molar-refractivity contribution in [3.63, 3.8) is 0 Å². The van der Waals surface area contributed by atoms with Crippen molar-refractivity contribution >= 4 is 11.6 Å². The van der Waals surface area contributed by atoms with E-state index in [0.717, 1.165) is 4.68 Å². The fourth-order valence-corrected chi connectivity index (χ4v) is 2.03. The summed E-state index contributed by atoms with van der Waals surface area (Å²) in [5.41, 5.74) is 0.481. The van der Waals surface area contributed by atoms with Gasteiger partial charge in [0.1, 0.15) is 17.9 Å². The van der Waals surface area contributed by atoms with Crippen LogP contribution in [0.25, 0.3) is 0 Å². The molecule has 3 aromatic rings. The first kappa shape index (κ1) is 16.5. The maximum atomic E-state index is 12.4. The second kappa shape index (κ2) is 7.47. The predicted molar refractivity (Wildman–Crippen MR) is 84.7 cm³/mol. The molecule has 0 aliphatic heterocycles. The molecule has 1 N–H and O–H groups in total. The molecule has 3 heterocycles. The van der Waals surface area contributed by atoms with Gasteiger partial charge in [0.05, 0.1) is 18.1 Å². The van der Waals surface area contributed by atoms with Gasteiger partial charge >= 0.3 is 0 Å². The van der Waals surface area contributed by atoms with Crippen LogP contribution in [0.5, 0.6) is 11.6 Å². The third kappa shape index (κ3) is 4.34. The van der Waals surface area contributed by atoms with E-state index in [2.05, 4.69) is 20.4 Å². The number of hydrogen-bond donors (Lipinski definition) is 1. The number of nitrogens with one attached hydrogen (secondary N) is 1. The van der Waals surface area contributed by atoms with Gasteiger partial charge in [-0.15, -0.1) is 0 Å². The molecule has 7 nitrogen and oxygen atoms in total. The van der Waals surface area contributed by atoms with Crippen LogP contribution in [-0.2, 0) is 6.54 Å². The van der Waals surface area contributed by atoms with E-state index < -0.39 is 18.9 Å². The zero-order valence-electron chi connectivity index (χ0n) is 12.8. The van der Waals surface area contributed by atoms with Crippen LogP contribution >= 0.6 is 0 Å². The third-order valence-electron chi connectivity index (χ3n) is 3.08. The summed E-state index contributed by atoms with van der Waals surface area (Å²) in [4.78, 5) is 20.4. The topological polar surface area (TPSA) is 81.9 Å². The molecule has 0 fully saturated rings. The van der Waals surface area contributed by atoms with Gasteiger partial charge in [-0.25, -0.2) is 13.8 Å². The minimum Gasteiger partial charge on any atom is -0.437 e. The fraction of sp³-hybridized carbons (Fsp3) is 0.125. The first-order valence-corrected chi connectivity index (χ1v) is 7.26. The fourth-order valence-electron chi connectivity index (χ4n) is 2.03. The van der Waals surface area contributed by atoms with Gasteiger partial charge in [-0.2, -0.15) is 5.10 Å². The summed E-state index contributed by atoms with van der Waals surface area (Å²) in [7, 11) is 0. The number of hydrogen-bond acceptors (Lipinski definition) is 5. The molecule has 0 aliphatic carbocycles. The van der Waals surface area contributed by atoms with Crippen LogP contribution < -0.4 is 10.1 Å². The maximum Gasteiger partial charge on any atom is 0.261 e. The Kier molecular flexibility index (Phi) is 4.93. The SMILES string of the molecule is O=C(Nc1cnn(CC(F)F)c1)c1cccnc1Oc1cccnc1. The number of amides is 1. The Morgan fingerprint density at radius 3 is 2.84 bits per heavy atom. The molecule has 1 amide bonds. The number of aromatic nitrogens is 4. The number of alkyl halides is 2. The molecule has 128 valence electrons. The smallest absolute Gasteiger partial charge is 0.261 e. The second-order valence-electron chi connectivity index (χ2n) is 4.94. The summed E-state index contributed by atoms with van der Waals surface area (Å²) in [6.07, 6.45) is 4.66. The number of carbonyl (C=O) groups is 1. The standard InChI is InChI=1S/C16H13F2N5O2/c17-14(18)10-23-9-11(7-21-23)22-15(24)13-4-2-6-20-16(13)25-12-3-1-5-19-8-12/h1-9,14H,10H2,(H,22,24). The molecule has 0 unspecified atom stereocenters. The Morgan fingerprint density at radius 2 is 2.08 bits per heavy atom. The normalized spacial score (nSPS) is 10.7. The zero-order valence-corrected chi connectivity index (χ0v) is 12.8. The number of halogens is 2. The Morgan fingerprint density at radius 1 is 1.24 bits per heavy atom. The molecule has 0 spiro atoms. The molecule has 3 rings (SSSR count). The van der Waals surface area contributed by atoms with E-state index in [0.29, 0.717) is 11.4 Å². The number of carbonyl (C=O) groups excluding carboxylic acids is 1. The highest BCUT2D eigenvalue weighted by Gasteiger charge is 2.16. The lowest BCUT2D eigenvalue weighted by molar-refractivity contribution is 0.102. The van der Waals surface area contributed by atoms with E-state index >= 15 is 0 Å². The highest BCUT2D eigenvalue weighted by Crippen LogP contribution is 2.22. The second-order valence-corrected chi connectivity index (χ2v) is 4.94. The molecule has 3 aromatic heterocycles. The van der Waals surface area contributed by atoms with Gasteiger partial charge in [-0.3, -0.25) is 14.5 Å². The Balaban J connectivity index is 1.75. The Bertz CT molecular complexity index is 854. The van der Waals surface area contributed by atoms with E-state index in [-0.39, 0.29) is 11.4 Å². The van der Waals surface area contributed by atoms with Crippen LogP contribution in [0.3, 0.4) is 0 Å². The molecular weight excluding hydrogens is 332 g/mol. The summed E-state index contributed by atoms with van der Waals surface area (Å²) in [5, 5.41) is 6.34. The van der Waals surface area contributed by atoms with Crippen LogP contribution in [0.2, 0.25) is 0 Å². The molecule has 0 aliphatic rings. The summed E-state index contributed by atoms with van der Waals surface area (Å²) in [5.74, 6) is 0.0385. The van der Waals surface area contributed by atoms with E-state index in [1.807, 2.05) is 0 Å². The molecule has 0 saturated heterocycles. The van der Waals surface area contributed by atoms with Crippen LogP contribution in [0, 0.1) is 0 Å². The van der Waals surface area contributed by atoms with Crippen molar-refractivity contribution in [1.29, 1.82) is 0 Å². The van der Waals surface area contributed by atoms with Gasteiger partial charge in [0.2, 0.25) is 5.88 Å². The summed E-state index contributed by atoms with van der Waals surface area (Å²) >= 11 is 0. The lowest BCUT2D eigenvalue weighted by Crippen LogP contribution is -2.13. The highest BCUT2D eigenvalue weighted by atomic mass is 19.3. The predicted octanol–water partition coefficient (Wildman–Crippen LogP) is 2.98. The number of rotatable bonds is 6. The van der Waals surface area contributed by atoms with Gasteiger partial charge in [0, 0.05) is 18.6 Å². The first-order chi connectivity index (χ1) is 12.1. The zero-order chi connectivity index (χ0) is 17.6. The quantitative estimate of drug-likeness (QED) is 0.743. The molecule has 0 radical (unpaired) electrons. The van der Waals surface area contributed by atoms with Crippen molar-refractivity contribution < 1.29 is 18.3 Å². The Hall–Kier alpha value is -3.36. The molecule has 25 heavy (non-hydrogen) atoms. The minimum absolute atomic E-state index is 0.105. The van der Waals surface area contributed by atoms with E-state index in [1.54, 1.807) is 24.4 Å². The van der Waals surface area contributed by atoms with Gasteiger partial charge in [-0.1, -0.05) is 0 Å². The number of ether oxygens (including phenoxy) is 1. The van der Waals surface area contributed by atoms with Gasteiger partial charge < -0.3 is 10.1 Å². The monoisotopic (exact) mass is 345 g/mol. The minimum atomic E-state index is -2.53. The molecule has 0 bridgehead atoms. The average molecular weight is 345 g/mol. The summed E-state index contributed by atoms with van der Waals surface area (Å²) in [6, 6.07) is 6.50. The van der Waals surface area contributed by atoms with E-state index in [1.165, 1.54) is 30.9 Å². The lowest BCUT2D eigenvalue weighted by Gasteiger charge is -2.09. The van der Waals surface area contributed by atoms with Crippen LogP contribution in [-0.4, -0.2) is 32.1 Å². The van der Waals surface area contributed by atoms with Crippen LogP contribution in [0.1, 0.15) is 10.4 Å². The maximum absolute atomic E-state index is 12.4. The molecule has 0 atom stereocenters. The van der Waals surface area contributed by atoms with Gasteiger partial charge in [-0.05, 0) is 24.3 Å². The van der Waals surface area contributed by atoms with E-state index in [9.17, 15) is 13.6 Å². The van der Waals surface area contributed by atoms with Crippen LogP contribution in [0.4, 0.5) is 14.5 Å². The van der Waals surface area contributed by atoms with Crippen molar-refractivity contribution in [2.45, 2.75) is 13.0 Å². The Labute approximate surface area is 141 Å². The molecule has 0 aromatic carbocycles. The molecule has 0 saturated carbocycles. The van der Waals surface area contributed by atoms with Crippen molar-refractivity contribution in [3.05, 3.63) is 60.8 Å². The number of pyridine rings is 2. The largest absolute Gasteiger partial charge is 0.437 e. The van der Waals surface area contributed by atoms with Crippen molar-refractivity contribution in [2.24, 2.45) is 0 Å². The first-order valence-electron chi connectivity index (χ1n) is 7.26. The summed E-state index contributed by atoms with van der Waals surface area (Å²) < 4.78 is 31.3. The van der Waals surface area contributed by atoms with Gasteiger partial charge in [0.15, 0.2) is 0 Å². The molecular formula is C16H13F2N5O2. The van der Waals surface area contributed by atoms with E-state index in [4.69, 9.17) is 4.74 Å².